The van der Waals surface area contributed by atoms with Gasteiger partial charge in [0.25, 0.3) is 0 Å². The number of hydrogen-bond donors (Lipinski definition) is 2. The molecule has 0 bridgehead atoms. The number of aliphatic imine (C=N–C) groups is 1. The van der Waals surface area contributed by atoms with E-state index in [0.717, 1.165) is 44.3 Å². The predicted molar refractivity (Wildman–Crippen MR) is 102 cm³/mol. The molecule has 0 saturated carbocycles. The van der Waals surface area contributed by atoms with E-state index in [1.165, 1.54) is 0 Å². The molecule has 2 N–H and O–H groups in total. The third-order valence-corrected chi connectivity index (χ3v) is 3.06. The molecule has 6 nitrogen and oxygen atoms in total. The molecule has 0 fully saturated rings. The van der Waals surface area contributed by atoms with Gasteiger partial charge in [-0.15, -0.1) is 24.0 Å². The van der Waals surface area contributed by atoms with Gasteiger partial charge in [0.15, 0.2) is 5.96 Å². The highest BCUT2D eigenvalue weighted by atomic mass is 127. The summed E-state index contributed by atoms with van der Waals surface area (Å²) in [4.78, 5) is 10.7. The second-order valence-electron chi connectivity index (χ2n) is 4.82. The van der Waals surface area contributed by atoms with Gasteiger partial charge in [0.05, 0.1) is 12.2 Å². The summed E-state index contributed by atoms with van der Waals surface area (Å²) in [7, 11) is 5.62. The monoisotopic (exact) mass is 421 g/mol. The van der Waals surface area contributed by atoms with Crippen LogP contribution in [0.5, 0.6) is 0 Å². The standard InChI is InChI=1S/C15H27N5O.HI/c1-16-15(19-13-14-7-4-5-8-17-14)18-9-11-20(2)10-6-12-21-3;/h4-5,7-8H,6,9-13H2,1-3H3,(H2,16,18,19);1H. The van der Waals surface area contributed by atoms with Gasteiger partial charge in [-0.3, -0.25) is 9.98 Å². The quantitative estimate of drug-likeness (QED) is 0.273. The Morgan fingerprint density at radius 3 is 2.77 bits per heavy atom. The smallest absolute Gasteiger partial charge is 0.191 e. The maximum atomic E-state index is 5.05. The Balaban J connectivity index is 0.00000441. The van der Waals surface area contributed by atoms with E-state index in [4.69, 9.17) is 4.74 Å². The fourth-order valence-electron chi connectivity index (χ4n) is 1.85. The molecule has 0 aromatic carbocycles. The van der Waals surface area contributed by atoms with Crippen LogP contribution in [0.4, 0.5) is 0 Å². The van der Waals surface area contributed by atoms with Crippen LogP contribution < -0.4 is 10.6 Å². The Kier molecular flexibility index (Phi) is 13.1. The number of halogens is 1. The van der Waals surface area contributed by atoms with Gasteiger partial charge in [0.1, 0.15) is 0 Å². The lowest BCUT2D eigenvalue weighted by Crippen LogP contribution is -2.40. The molecular weight excluding hydrogens is 393 g/mol. The van der Waals surface area contributed by atoms with Gasteiger partial charge in [0, 0.05) is 46.6 Å². The average molecular weight is 421 g/mol. The van der Waals surface area contributed by atoms with Gasteiger partial charge in [-0.1, -0.05) is 6.07 Å². The third-order valence-electron chi connectivity index (χ3n) is 3.06. The van der Waals surface area contributed by atoms with Crippen molar-refractivity contribution in [2.75, 3.05) is 47.4 Å². The van der Waals surface area contributed by atoms with Crippen molar-refractivity contribution in [3.8, 4) is 0 Å². The summed E-state index contributed by atoms with van der Waals surface area (Å²) in [5.74, 6) is 0.797. The van der Waals surface area contributed by atoms with Crippen LogP contribution in [0.25, 0.3) is 0 Å². The molecule has 0 atom stereocenters. The molecule has 0 aliphatic rings. The van der Waals surface area contributed by atoms with Gasteiger partial charge in [-0.25, -0.2) is 0 Å². The maximum Gasteiger partial charge on any atom is 0.191 e. The number of hydrogen-bond acceptors (Lipinski definition) is 4. The molecular formula is C15H28IN5O. The second kappa shape index (κ2) is 13.7. The predicted octanol–water partition coefficient (Wildman–Crippen LogP) is 1.33. The molecule has 7 heteroatoms. The average Bonchev–Trinajstić information content (AvgIpc) is 2.52. The fraction of sp³-hybridized carbons (Fsp3) is 0.600. The minimum atomic E-state index is 0. The number of pyridine rings is 1. The lowest BCUT2D eigenvalue weighted by Gasteiger charge is -2.18. The first-order valence-electron chi connectivity index (χ1n) is 7.28. The Hall–Kier alpha value is -0.930. The molecule has 0 spiro atoms. The van der Waals surface area contributed by atoms with Gasteiger partial charge >= 0.3 is 0 Å². The summed E-state index contributed by atoms with van der Waals surface area (Å²) in [5, 5.41) is 6.55. The van der Waals surface area contributed by atoms with Crippen molar-refractivity contribution in [3.05, 3.63) is 30.1 Å². The molecule has 1 aromatic heterocycles. The zero-order valence-corrected chi connectivity index (χ0v) is 16.0. The van der Waals surface area contributed by atoms with Crippen molar-refractivity contribution in [2.24, 2.45) is 4.99 Å². The minimum Gasteiger partial charge on any atom is -0.385 e. The summed E-state index contributed by atoms with van der Waals surface area (Å²) in [5.41, 5.74) is 0.997. The highest BCUT2D eigenvalue weighted by Crippen LogP contribution is 1.91. The molecule has 0 saturated heterocycles. The van der Waals surface area contributed by atoms with Crippen molar-refractivity contribution in [3.63, 3.8) is 0 Å². The normalized spacial score (nSPS) is 11.2. The highest BCUT2D eigenvalue weighted by molar-refractivity contribution is 14.0. The van der Waals surface area contributed by atoms with Gasteiger partial charge in [-0.2, -0.15) is 0 Å². The number of likely N-dealkylation sites (N-methyl/N-ethyl adjacent to an activating group) is 1. The zero-order chi connectivity index (χ0) is 15.3. The second-order valence-corrected chi connectivity index (χ2v) is 4.82. The van der Waals surface area contributed by atoms with E-state index < -0.39 is 0 Å². The van der Waals surface area contributed by atoms with Crippen LogP contribution in [0.2, 0.25) is 0 Å². The molecule has 22 heavy (non-hydrogen) atoms. The molecule has 0 aliphatic carbocycles. The first-order valence-corrected chi connectivity index (χ1v) is 7.28. The number of nitrogens with zero attached hydrogens (tertiary/aromatic N) is 3. The van der Waals surface area contributed by atoms with Gasteiger partial charge in [0.2, 0.25) is 0 Å². The Morgan fingerprint density at radius 1 is 1.32 bits per heavy atom. The first-order chi connectivity index (χ1) is 10.3. The SMILES string of the molecule is CN=C(NCCN(C)CCCOC)NCc1ccccn1.I. The van der Waals surface area contributed by atoms with Crippen molar-refractivity contribution < 1.29 is 4.74 Å². The largest absolute Gasteiger partial charge is 0.385 e. The van der Waals surface area contributed by atoms with E-state index in [2.05, 4.69) is 32.6 Å². The summed E-state index contributed by atoms with van der Waals surface area (Å²) < 4.78 is 5.05. The van der Waals surface area contributed by atoms with E-state index in [1.54, 1.807) is 20.4 Å². The summed E-state index contributed by atoms with van der Waals surface area (Å²) in [6.45, 7) is 4.34. The Morgan fingerprint density at radius 2 is 2.14 bits per heavy atom. The Bertz CT molecular complexity index is 402. The van der Waals surface area contributed by atoms with Crippen LogP contribution >= 0.6 is 24.0 Å². The number of aromatic nitrogens is 1. The number of methoxy groups -OCH3 is 1. The zero-order valence-electron chi connectivity index (χ0n) is 13.7. The van der Waals surface area contributed by atoms with E-state index in [1.807, 2.05) is 18.2 Å². The fourth-order valence-corrected chi connectivity index (χ4v) is 1.85. The number of nitrogens with one attached hydrogen (secondary N) is 2. The van der Waals surface area contributed by atoms with Crippen LogP contribution in [-0.2, 0) is 11.3 Å². The lowest BCUT2D eigenvalue weighted by molar-refractivity contribution is 0.180. The van der Waals surface area contributed by atoms with E-state index in [-0.39, 0.29) is 24.0 Å². The number of rotatable bonds is 9. The van der Waals surface area contributed by atoms with Crippen LogP contribution in [0.1, 0.15) is 12.1 Å². The summed E-state index contributed by atoms with van der Waals surface area (Å²) in [6, 6.07) is 5.88. The van der Waals surface area contributed by atoms with Gasteiger partial charge in [-0.05, 0) is 25.6 Å². The van der Waals surface area contributed by atoms with Crippen molar-refractivity contribution in [1.29, 1.82) is 0 Å². The van der Waals surface area contributed by atoms with Crippen molar-refractivity contribution in [2.45, 2.75) is 13.0 Å². The van der Waals surface area contributed by atoms with E-state index in [0.29, 0.717) is 6.54 Å². The van der Waals surface area contributed by atoms with Crippen LogP contribution in [0.3, 0.4) is 0 Å². The summed E-state index contributed by atoms with van der Waals surface area (Å²) in [6.07, 6.45) is 2.85. The van der Waals surface area contributed by atoms with E-state index >= 15 is 0 Å². The Labute approximate surface area is 150 Å². The topological polar surface area (TPSA) is 61.8 Å². The molecule has 126 valence electrons. The molecule has 0 unspecified atom stereocenters. The number of guanidine groups is 1. The molecule has 1 heterocycles. The molecule has 1 aromatic rings. The maximum absolute atomic E-state index is 5.05. The number of ether oxygens (including phenoxy) is 1. The third kappa shape index (κ3) is 9.91. The van der Waals surface area contributed by atoms with E-state index in [9.17, 15) is 0 Å². The lowest BCUT2D eigenvalue weighted by atomic mass is 10.3. The molecule has 0 radical (unpaired) electrons. The molecule has 0 aliphatic heterocycles. The van der Waals surface area contributed by atoms with Crippen molar-refractivity contribution in [1.82, 2.24) is 20.5 Å². The first kappa shape index (κ1) is 21.1. The van der Waals surface area contributed by atoms with Crippen molar-refractivity contribution >= 4 is 29.9 Å². The van der Waals surface area contributed by atoms with Crippen LogP contribution in [0.15, 0.2) is 29.4 Å². The van der Waals surface area contributed by atoms with Crippen LogP contribution in [0, 0.1) is 0 Å². The van der Waals surface area contributed by atoms with Gasteiger partial charge < -0.3 is 20.3 Å². The highest BCUT2D eigenvalue weighted by Gasteiger charge is 2.01. The van der Waals surface area contributed by atoms with Crippen LogP contribution in [-0.4, -0.2) is 63.3 Å². The molecule has 1 rings (SSSR count). The molecule has 0 amide bonds. The summed E-state index contributed by atoms with van der Waals surface area (Å²) >= 11 is 0. The minimum absolute atomic E-state index is 0.